The fourth-order valence-corrected chi connectivity index (χ4v) is 5.51. The number of nitrogens with one attached hydrogen (secondary N) is 1. The van der Waals surface area contributed by atoms with E-state index in [0.29, 0.717) is 6.54 Å². The molecule has 5 heteroatoms. The number of halogens is 1. The first-order chi connectivity index (χ1) is 17.1. The van der Waals surface area contributed by atoms with Gasteiger partial charge in [-0.1, -0.05) is 72.3 Å². The molecule has 0 saturated carbocycles. The van der Waals surface area contributed by atoms with Gasteiger partial charge in [-0.05, 0) is 65.8 Å². The largest absolute Gasteiger partial charge is 0.352 e. The third-order valence-electron chi connectivity index (χ3n) is 7.27. The van der Waals surface area contributed by atoms with Gasteiger partial charge in [-0.3, -0.25) is 14.6 Å². The Hall–Kier alpha value is -2.66. The van der Waals surface area contributed by atoms with E-state index < -0.39 is 0 Å². The molecule has 2 aliphatic heterocycles. The SMILES string of the molecule is O=C(NCc1cccc(CN2CCc3ccccc3C2)c1)C1CCCN(Cc2ccc(Cl)cc2)C1. The van der Waals surface area contributed by atoms with E-state index in [4.69, 9.17) is 11.6 Å². The fourth-order valence-electron chi connectivity index (χ4n) is 5.38. The Bertz CT molecular complexity index is 1150. The summed E-state index contributed by atoms with van der Waals surface area (Å²) >= 11 is 6.01. The lowest BCUT2D eigenvalue weighted by atomic mass is 9.96. The van der Waals surface area contributed by atoms with Gasteiger partial charge in [0.15, 0.2) is 0 Å². The number of likely N-dealkylation sites (tertiary alicyclic amines) is 1. The van der Waals surface area contributed by atoms with Gasteiger partial charge in [0.1, 0.15) is 0 Å². The number of rotatable bonds is 7. The van der Waals surface area contributed by atoms with Crippen LogP contribution in [0.15, 0.2) is 72.8 Å². The molecular weight excluding hydrogens is 454 g/mol. The molecule has 0 bridgehead atoms. The second kappa shape index (κ2) is 11.4. The van der Waals surface area contributed by atoms with Crippen LogP contribution in [0, 0.1) is 5.92 Å². The molecule has 5 rings (SSSR count). The maximum Gasteiger partial charge on any atom is 0.224 e. The maximum absolute atomic E-state index is 13.0. The number of carbonyl (C=O) groups excluding carboxylic acids is 1. The molecule has 182 valence electrons. The topological polar surface area (TPSA) is 35.6 Å². The summed E-state index contributed by atoms with van der Waals surface area (Å²) in [7, 11) is 0. The lowest BCUT2D eigenvalue weighted by molar-refractivity contribution is -0.126. The van der Waals surface area contributed by atoms with Crippen LogP contribution in [0.5, 0.6) is 0 Å². The van der Waals surface area contributed by atoms with Crippen LogP contribution < -0.4 is 5.32 Å². The number of nitrogens with zero attached hydrogens (tertiary/aromatic N) is 2. The molecule has 0 spiro atoms. The van der Waals surface area contributed by atoms with E-state index in [1.54, 1.807) is 0 Å². The van der Waals surface area contributed by atoms with E-state index in [9.17, 15) is 4.79 Å². The predicted molar refractivity (Wildman–Crippen MR) is 142 cm³/mol. The first-order valence-corrected chi connectivity index (χ1v) is 13.1. The van der Waals surface area contributed by atoms with Crippen LogP contribution in [0.2, 0.25) is 5.02 Å². The third kappa shape index (κ3) is 6.52. The van der Waals surface area contributed by atoms with Crippen molar-refractivity contribution in [3.05, 3.63) is 106 Å². The smallest absolute Gasteiger partial charge is 0.224 e. The lowest BCUT2D eigenvalue weighted by Crippen LogP contribution is -2.42. The standard InChI is InChI=1S/C30H34ClN3O/c31-29-12-10-23(11-13-29)19-33-15-4-9-28(22-33)30(35)32-18-24-5-3-6-25(17-24)20-34-16-14-26-7-1-2-8-27(26)21-34/h1-3,5-8,10-13,17,28H,4,9,14-16,18-22H2,(H,32,35). The molecule has 3 aromatic carbocycles. The normalized spacial score (nSPS) is 18.7. The molecule has 1 atom stereocenters. The van der Waals surface area contributed by atoms with Crippen LogP contribution in [0.3, 0.4) is 0 Å². The molecule has 1 unspecified atom stereocenters. The van der Waals surface area contributed by atoms with Crippen molar-refractivity contribution in [3.63, 3.8) is 0 Å². The summed E-state index contributed by atoms with van der Waals surface area (Å²) < 4.78 is 0. The summed E-state index contributed by atoms with van der Waals surface area (Å²) in [4.78, 5) is 17.9. The van der Waals surface area contributed by atoms with E-state index in [1.807, 2.05) is 12.1 Å². The van der Waals surface area contributed by atoms with Crippen LogP contribution in [0.4, 0.5) is 0 Å². The van der Waals surface area contributed by atoms with Gasteiger partial charge >= 0.3 is 0 Å². The Morgan fingerprint density at radius 1 is 0.857 bits per heavy atom. The molecule has 1 saturated heterocycles. The minimum absolute atomic E-state index is 0.0488. The minimum Gasteiger partial charge on any atom is -0.352 e. The molecular formula is C30H34ClN3O. The number of hydrogen-bond acceptors (Lipinski definition) is 3. The average Bonchev–Trinajstić information content (AvgIpc) is 2.89. The highest BCUT2D eigenvalue weighted by Crippen LogP contribution is 2.22. The second-order valence-corrected chi connectivity index (χ2v) is 10.4. The van der Waals surface area contributed by atoms with Gasteiger partial charge in [0.05, 0.1) is 5.92 Å². The highest BCUT2D eigenvalue weighted by Gasteiger charge is 2.25. The van der Waals surface area contributed by atoms with Crippen LogP contribution >= 0.6 is 11.6 Å². The Morgan fingerprint density at radius 2 is 1.63 bits per heavy atom. The summed E-state index contributed by atoms with van der Waals surface area (Å²) in [5.41, 5.74) is 6.64. The van der Waals surface area contributed by atoms with E-state index in [-0.39, 0.29) is 11.8 Å². The molecule has 2 heterocycles. The van der Waals surface area contributed by atoms with Gasteiger partial charge in [-0.15, -0.1) is 0 Å². The van der Waals surface area contributed by atoms with Crippen LogP contribution in [0.25, 0.3) is 0 Å². The average molecular weight is 488 g/mol. The van der Waals surface area contributed by atoms with Gasteiger partial charge in [-0.25, -0.2) is 0 Å². The monoisotopic (exact) mass is 487 g/mol. The summed E-state index contributed by atoms with van der Waals surface area (Å²) in [6, 6.07) is 25.4. The quantitative estimate of drug-likeness (QED) is 0.483. The highest BCUT2D eigenvalue weighted by molar-refractivity contribution is 6.30. The van der Waals surface area contributed by atoms with Gasteiger partial charge < -0.3 is 5.32 Å². The lowest BCUT2D eigenvalue weighted by Gasteiger charge is -2.32. The molecule has 3 aromatic rings. The zero-order valence-electron chi connectivity index (χ0n) is 20.3. The summed E-state index contributed by atoms with van der Waals surface area (Å²) in [5, 5.41) is 3.97. The molecule has 2 aliphatic rings. The molecule has 0 aliphatic carbocycles. The molecule has 1 N–H and O–H groups in total. The molecule has 4 nitrogen and oxygen atoms in total. The number of benzene rings is 3. The van der Waals surface area contributed by atoms with Crippen LogP contribution in [-0.2, 0) is 37.4 Å². The number of carbonyl (C=O) groups is 1. The highest BCUT2D eigenvalue weighted by atomic mass is 35.5. The number of amides is 1. The molecule has 1 amide bonds. The van der Waals surface area contributed by atoms with Crippen LogP contribution in [-0.4, -0.2) is 35.3 Å². The molecule has 1 fully saturated rings. The van der Waals surface area contributed by atoms with Crippen molar-refractivity contribution >= 4 is 17.5 Å². The Kier molecular flexibility index (Phi) is 7.82. The van der Waals surface area contributed by atoms with Gasteiger partial charge in [-0.2, -0.15) is 0 Å². The van der Waals surface area contributed by atoms with Crippen molar-refractivity contribution < 1.29 is 4.79 Å². The van der Waals surface area contributed by atoms with Gasteiger partial charge in [0, 0.05) is 44.3 Å². The van der Waals surface area contributed by atoms with Crippen molar-refractivity contribution in [2.24, 2.45) is 5.92 Å². The number of piperidine rings is 1. The van der Waals surface area contributed by atoms with Crippen molar-refractivity contribution in [1.82, 2.24) is 15.1 Å². The van der Waals surface area contributed by atoms with E-state index in [0.717, 1.165) is 63.6 Å². The fraction of sp³-hybridized carbons (Fsp3) is 0.367. The van der Waals surface area contributed by atoms with Crippen LogP contribution in [0.1, 0.15) is 40.7 Å². The Morgan fingerprint density at radius 3 is 2.49 bits per heavy atom. The first kappa shape index (κ1) is 24.1. The predicted octanol–water partition coefficient (Wildman–Crippen LogP) is 5.43. The molecule has 0 aromatic heterocycles. The summed E-state index contributed by atoms with van der Waals surface area (Å²) in [6.07, 6.45) is 3.13. The van der Waals surface area contributed by atoms with Crippen molar-refractivity contribution in [1.29, 1.82) is 0 Å². The van der Waals surface area contributed by atoms with Gasteiger partial charge in [0.25, 0.3) is 0 Å². The zero-order valence-corrected chi connectivity index (χ0v) is 21.0. The second-order valence-electron chi connectivity index (χ2n) is 9.97. The van der Waals surface area contributed by atoms with Crippen molar-refractivity contribution in [2.75, 3.05) is 19.6 Å². The first-order valence-electron chi connectivity index (χ1n) is 12.7. The minimum atomic E-state index is 0.0488. The third-order valence-corrected chi connectivity index (χ3v) is 7.52. The number of fused-ring (bicyclic) bond motifs is 1. The molecule has 35 heavy (non-hydrogen) atoms. The van der Waals surface area contributed by atoms with Crippen molar-refractivity contribution in [3.8, 4) is 0 Å². The van der Waals surface area contributed by atoms with Crippen molar-refractivity contribution in [2.45, 2.75) is 45.4 Å². The zero-order chi connectivity index (χ0) is 24.0. The van der Waals surface area contributed by atoms with Gasteiger partial charge in [0.2, 0.25) is 5.91 Å². The van der Waals surface area contributed by atoms with E-state index in [2.05, 4.69) is 75.8 Å². The maximum atomic E-state index is 13.0. The summed E-state index contributed by atoms with van der Waals surface area (Å²) in [6.45, 7) is 6.34. The Labute approximate surface area is 213 Å². The molecule has 0 radical (unpaired) electrons. The number of hydrogen-bond donors (Lipinski definition) is 1. The van der Waals surface area contributed by atoms with E-state index >= 15 is 0 Å². The summed E-state index contributed by atoms with van der Waals surface area (Å²) in [5.74, 6) is 0.219. The van der Waals surface area contributed by atoms with E-state index in [1.165, 1.54) is 27.8 Å². The Balaban J connectivity index is 1.12.